The molecule has 2 amide bonds. The molecule has 8 nitrogen and oxygen atoms in total. The lowest BCUT2D eigenvalue weighted by molar-refractivity contribution is -0.133. The number of amides is 2. The largest absolute Gasteiger partial charge is 0.452 e. The molecule has 0 unspecified atom stereocenters. The van der Waals surface area contributed by atoms with E-state index in [1.54, 1.807) is 32.9 Å². The minimum atomic E-state index is -0.695. The highest BCUT2D eigenvalue weighted by Gasteiger charge is 2.17. The van der Waals surface area contributed by atoms with E-state index in [2.05, 4.69) is 5.32 Å². The molecule has 0 radical (unpaired) electrons. The van der Waals surface area contributed by atoms with E-state index in [0.717, 1.165) is 0 Å². The highest BCUT2D eigenvalue weighted by molar-refractivity contribution is 5.93. The molecular weight excluding hydrogens is 338 g/mol. The molecule has 1 aromatic rings. The van der Waals surface area contributed by atoms with Crippen molar-refractivity contribution in [3.63, 3.8) is 0 Å². The Balaban J connectivity index is 2.61. The van der Waals surface area contributed by atoms with Crippen LogP contribution in [0, 0.1) is 11.3 Å². The Kier molecular flexibility index (Phi) is 7.59. The maximum Gasteiger partial charge on any atom is 0.412 e. The monoisotopic (exact) mass is 361 g/mol. The van der Waals surface area contributed by atoms with Gasteiger partial charge in [-0.25, -0.2) is 9.59 Å². The zero-order valence-corrected chi connectivity index (χ0v) is 15.4. The molecule has 0 saturated heterocycles. The number of likely N-dealkylation sites (N-methyl/N-ethyl adjacent to an activating group) is 1. The number of nitriles is 1. The first kappa shape index (κ1) is 21.0. The van der Waals surface area contributed by atoms with E-state index in [9.17, 15) is 14.4 Å². The molecule has 1 N–H and O–H groups in total. The molecule has 1 rings (SSSR count). The third kappa shape index (κ3) is 7.66. The number of benzene rings is 1. The second kappa shape index (κ2) is 9.42. The van der Waals surface area contributed by atoms with Crippen molar-refractivity contribution in [2.45, 2.75) is 32.8 Å². The summed E-state index contributed by atoms with van der Waals surface area (Å²) in [7, 11) is 1.53. The SMILES string of the molecule is CN(CCC#N)C(=O)COC(=O)c1cccc(NC(=O)OC(C)(C)C)c1. The molecule has 0 aromatic heterocycles. The molecule has 8 heteroatoms. The lowest BCUT2D eigenvalue weighted by atomic mass is 10.2. The molecule has 0 heterocycles. The van der Waals surface area contributed by atoms with Crippen LogP contribution in [0.15, 0.2) is 24.3 Å². The van der Waals surface area contributed by atoms with E-state index in [1.165, 1.54) is 24.1 Å². The number of carbonyl (C=O) groups is 3. The summed E-state index contributed by atoms with van der Waals surface area (Å²) >= 11 is 0. The number of anilines is 1. The fourth-order valence-electron chi connectivity index (χ4n) is 1.81. The lowest BCUT2D eigenvalue weighted by Crippen LogP contribution is -2.32. The average Bonchev–Trinajstić information content (AvgIpc) is 2.55. The Labute approximate surface area is 152 Å². The van der Waals surface area contributed by atoms with Crippen LogP contribution in [0.4, 0.5) is 10.5 Å². The van der Waals surface area contributed by atoms with Crippen LogP contribution in [-0.2, 0) is 14.3 Å². The summed E-state index contributed by atoms with van der Waals surface area (Å²) in [5, 5.41) is 11.0. The van der Waals surface area contributed by atoms with Gasteiger partial charge in [-0.05, 0) is 39.0 Å². The van der Waals surface area contributed by atoms with E-state index >= 15 is 0 Å². The van der Waals surface area contributed by atoms with Crippen molar-refractivity contribution in [3.8, 4) is 6.07 Å². The summed E-state index contributed by atoms with van der Waals surface area (Å²) in [6, 6.07) is 8.04. The zero-order valence-electron chi connectivity index (χ0n) is 15.4. The van der Waals surface area contributed by atoms with Gasteiger partial charge in [-0.1, -0.05) is 6.07 Å². The highest BCUT2D eigenvalue weighted by Crippen LogP contribution is 2.14. The van der Waals surface area contributed by atoms with Gasteiger partial charge in [0.15, 0.2) is 6.61 Å². The maximum atomic E-state index is 12.1. The van der Waals surface area contributed by atoms with Crippen LogP contribution in [0.1, 0.15) is 37.6 Å². The molecular formula is C18H23N3O5. The first-order chi connectivity index (χ1) is 12.1. The number of carbonyl (C=O) groups excluding carboxylic acids is 3. The molecule has 0 spiro atoms. The molecule has 0 bridgehead atoms. The minimum Gasteiger partial charge on any atom is -0.452 e. The summed E-state index contributed by atoms with van der Waals surface area (Å²) in [6.45, 7) is 5.06. The van der Waals surface area contributed by atoms with Crippen molar-refractivity contribution in [1.29, 1.82) is 5.26 Å². The fourth-order valence-corrected chi connectivity index (χ4v) is 1.81. The van der Waals surface area contributed by atoms with E-state index in [1.807, 2.05) is 6.07 Å². The van der Waals surface area contributed by atoms with Crippen LogP contribution >= 0.6 is 0 Å². The molecule has 0 aliphatic carbocycles. The van der Waals surface area contributed by atoms with E-state index in [-0.39, 0.29) is 18.5 Å². The number of nitrogens with zero attached hydrogens (tertiary/aromatic N) is 2. The van der Waals surface area contributed by atoms with Crippen molar-refractivity contribution in [3.05, 3.63) is 29.8 Å². The van der Waals surface area contributed by atoms with Gasteiger partial charge in [0.05, 0.1) is 18.1 Å². The lowest BCUT2D eigenvalue weighted by Gasteiger charge is -2.19. The molecule has 26 heavy (non-hydrogen) atoms. The van der Waals surface area contributed by atoms with Crippen LogP contribution in [0.3, 0.4) is 0 Å². The molecule has 0 saturated carbocycles. The number of ether oxygens (including phenoxy) is 2. The Morgan fingerprint density at radius 2 is 1.96 bits per heavy atom. The van der Waals surface area contributed by atoms with Gasteiger partial charge in [-0.2, -0.15) is 5.26 Å². The second-order valence-electron chi connectivity index (χ2n) is 6.51. The predicted octanol–water partition coefficient (Wildman–Crippen LogP) is 2.56. The average molecular weight is 361 g/mol. The highest BCUT2D eigenvalue weighted by atomic mass is 16.6. The van der Waals surface area contributed by atoms with Gasteiger partial charge in [-0.15, -0.1) is 0 Å². The molecule has 0 aliphatic heterocycles. The van der Waals surface area contributed by atoms with Crippen LogP contribution in [0.25, 0.3) is 0 Å². The van der Waals surface area contributed by atoms with Crippen molar-refractivity contribution in [2.75, 3.05) is 25.5 Å². The number of rotatable bonds is 6. The minimum absolute atomic E-state index is 0.186. The Morgan fingerprint density at radius 3 is 2.58 bits per heavy atom. The van der Waals surface area contributed by atoms with Crippen LogP contribution in [0.5, 0.6) is 0 Å². The van der Waals surface area contributed by atoms with Crippen molar-refractivity contribution < 1.29 is 23.9 Å². The van der Waals surface area contributed by atoms with Gasteiger partial charge in [0.2, 0.25) is 0 Å². The van der Waals surface area contributed by atoms with Crippen molar-refractivity contribution in [2.24, 2.45) is 0 Å². The molecule has 0 fully saturated rings. The summed E-state index contributed by atoms with van der Waals surface area (Å²) in [6.07, 6.45) is -0.438. The smallest absolute Gasteiger partial charge is 0.412 e. The number of nitrogens with one attached hydrogen (secondary N) is 1. The Morgan fingerprint density at radius 1 is 1.27 bits per heavy atom. The van der Waals surface area contributed by atoms with Gasteiger partial charge in [0, 0.05) is 19.3 Å². The van der Waals surface area contributed by atoms with E-state index in [4.69, 9.17) is 14.7 Å². The third-order valence-electron chi connectivity index (χ3n) is 3.06. The van der Waals surface area contributed by atoms with Crippen LogP contribution < -0.4 is 5.32 Å². The summed E-state index contributed by atoms with van der Waals surface area (Å²) < 4.78 is 10.1. The van der Waals surface area contributed by atoms with Crippen molar-refractivity contribution in [1.82, 2.24) is 4.90 Å². The first-order valence-corrected chi connectivity index (χ1v) is 8.00. The Hall–Kier alpha value is -3.08. The summed E-state index contributed by atoms with van der Waals surface area (Å²) in [5.74, 6) is -1.10. The summed E-state index contributed by atoms with van der Waals surface area (Å²) in [4.78, 5) is 36.9. The third-order valence-corrected chi connectivity index (χ3v) is 3.06. The number of hydrogen-bond acceptors (Lipinski definition) is 6. The Bertz CT molecular complexity index is 704. The van der Waals surface area contributed by atoms with Gasteiger partial charge in [0.25, 0.3) is 5.91 Å². The second-order valence-corrected chi connectivity index (χ2v) is 6.51. The molecule has 140 valence electrons. The molecule has 0 aliphatic rings. The normalized spacial score (nSPS) is 10.4. The van der Waals surface area contributed by atoms with Crippen LogP contribution in [0.2, 0.25) is 0 Å². The van der Waals surface area contributed by atoms with Gasteiger partial charge >= 0.3 is 12.1 Å². The number of esters is 1. The number of hydrogen-bond donors (Lipinski definition) is 1. The van der Waals surface area contributed by atoms with Gasteiger partial charge in [-0.3, -0.25) is 10.1 Å². The van der Waals surface area contributed by atoms with E-state index < -0.39 is 30.2 Å². The molecule has 0 atom stereocenters. The van der Waals surface area contributed by atoms with Crippen molar-refractivity contribution >= 4 is 23.7 Å². The topological polar surface area (TPSA) is 109 Å². The predicted molar refractivity (Wildman–Crippen MR) is 94.4 cm³/mol. The van der Waals surface area contributed by atoms with Gasteiger partial charge in [0.1, 0.15) is 5.60 Å². The standard InChI is InChI=1S/C18H23N3O5/c1-18(2,3)26-17(24)20-14-8-5-7-13(11-14)16(23)25-12-15(22)21(4)10-6-9-19/h5,7-8,11H,6,10,12H2,1-4H3,(H,20,24). The maximum absolute atomic E-state index is 12.1. The summed E-state index contributed by atoms with van der Waals surface area (Å²) in [5.41, 5.74) is -0.0874. The van der Waals surface area contributed by atoms with Crippen LogP contribution in [-0.4, -0.2) is 48.7 Å². The molecule has 1 aromatic carbocycles. The first-order valence-electron chi connectivity index (χ1n) is 8.00. The fraction of sp³-hybridized carbons (Fsp3) is 0.444. The zero-order chi connectivity index (χ0) is 19.7. The van der Waals surface area contributed by atoms with E-state index in [0.29, 0.717) is 5.69 Å². The quantitative estimate of drug-likeness (QED) is 0.780. The van der Waals surface area contributed by atoms with Gasteiger partial charge < -0.3 is 14.4 Å².